The molecule has 1 rings (SSSR count). The van der Waals surface area contributed by atoms with Crippen molar-refractivity contribution in [3.63, 3.8) is 0 Å². The Balaban J connectivity index is 2.78. The lowest BCUT2D eigenvalue weighted by molar-refractivity contribution is 0.210. The number of nitrogens with one attached hydrogen (secondary N) is 1. The summed E-state index contributed by atoms with van der Waals surface area (Å²) in [5.74, 6) is 0. The van der Waals surface area contributed by atoms with Crippen LogP contribution in [-0.4, -0.2) is 11.2 Å². The van der Waals surface area contributed by atoms with E-state index in [9.17, 15) is 4.79 Å². The second-order valence-corrected chi connectivity index (χ2v) is 2.52. The van der Waals surface area contributed by atoms with Crippen molar-refractivity contribution in [3.8, 4) is 0 Å². The lowest BCUT2D eigenvalue weighted by atomic mass is 10.2. The van der Waals surface area contributed by atoms with Crippen LogP contribution in [0.5, 0.6) is 0 Å². The zero-order valence-corrected chi connectivity index (χ0v) is 7.21. The number of rotatable bonds is 3. The maximum absolute atomic E-state index is 10.3. The molecule has 0 radical (unpaired) electrons. The number of azide groups is 1. The fourth-order valence-electron chi connectivity index (χ4n) is 0.984. The summed E-state index contributed by atoms with van der Waals surface area (Å²) in [6, 6.07) is 6.67. The van der Waals surface area contributed by atoms with Gasteiger partial charge in [-0.1, -0.05) is 17.2 Å². The predicted molar refractivity (Wildman–Crippen MR) is 50.9 cm³/mol. The molecule has 0 heterocycles. The van der Waals surface area contributed by atoms with E-state index in [2.05, 4.69) is 15.3 Å². The van der Waals surface area contributed by atoms with Gasteiger partial charge in [-0.25, -0.2) is 4.79 Å². The molecule has 0 aromatic heterocycles. The van der Waals surface area contributed by atoms with E-state index >= 15 is 0 Å². The summed E-state index contributed by atoms with van der Waals surface area (Å²) in [4.78, 5) is 12.9. The van der Waals surface area contributed by atoms with E-state index in [1.165, 1.54) is 0 Å². The topological polar surface area (TPSA) is 98.1 Å². The third-order valence-electron chi connectivity index (χ3n) is 1.49. The molecule has 0 bridgehead atoms. The molecule has 6 heteroatoms. The van der Waals surface area contributed by atoms with Gasteiger partial charge in [-0.3, -0.25) is 5.32 Å². The zero-order valence-electron chi connectivity index (χ0n) is 7.21. The fourth-order valence-corrected chi connectivity index (χ4v) is 0.984. The Bertz CT molecular complexity index is 365. The summed E-state index contributed by atoms with van der Waals surface area (Å²) >= 11 is 0. The lowest BCUT2D eigenvalue weighted by Crippen LogP contribution is -2.07. The van der Waals surface area contributed by atoms with Gasteiger partial charge in [0.25, 0.3) is 0 Å². The first-order chi connectivity index (χ1) is 6.72. The first-order valence-corrected chi connectivity index (χ1v) is 3.82. The van der Waals surface area contributed by atoms with E-state index < -0.39 is 6.09 Å². The van der Waals surface area contributed by atoms with Gasteiger partial charge in [0, 0.05) is 10.6 Å². The van der Waals surface area contributed by atoms with Crippen LogP contribution in [0.4, 0.5) is 10.5 Å². The molecule has 0 aliphatic rings. The molecule has 0 unspecified atom stereocenters. The molecule has 14 heavy (non-hydrogen) atoms. The van der Waals surface area contributed by atoms with Crippen LogP contribution in [0.25, 0.3) is 10.4 Å². The van der Waals surface area contributed by atoms with E-state index in [0.29, 0.717) is 5.69 Å². The molecule has 0 spiro atoms. The normalized spacial score (nSPS) is 8.86. The first kappa shape index (κ1) is 9.88. The van der Waals surface area contributed by atoms with Crippen LogP contribution in [0.3, 0.4) is 0 Å². The highest BCUT2D eigenvalue weighted by atomic mass is 16.4. The average molecular weight is 192 g/mol. The monoisotopic (exact) mass is 192 g/mol. The largest absolute Gasteiger partial charge is 0.465 e. The summed E-state index contributed by atoms with van der Waals surface area (Å²) in [5.41, 5.74) is 9.31. The second-order valence-electron chi connectivity index (χ2n) is 2.52. The zero-order chi connectivity index (χ0) is 10.4. The minimum absolute atomic E-state index is 0.214. The highest BCUT2D eigenvalue weighted by Crippen LogP contribution is 2.11. The number of carboxylic acid groups (broad SMARTS) is 1. The Kier molecular flexibility index (Phi) is 3.34. The summed E-state index contributed by atoms with van der Waals surface area (Å²) in [5, 5.41) is 14.0. The Labute approximate surface area is 79.8 Å². The predicted octanol–water partition coefficient (Wildman–Crippen LogP) is 2.59. The van der Waals surface area contributed by atoms with E-state index in [4.69, 9.17) is 10.6 Å². The average Bonchev–Trinajstić information content (AvgIpc) is 2.14. The Hall–Kier alpha value is -2.20. The molecule has 1 aromatic carbocycles. The standard InChI is InChI=1S/C8H8N4O2/c9-12-10-5-6-2-1-3-7(4-6)11-8(13)14/h1-4,11H,5H2,(H,13,14). The molecule has 0 atom stereocenters. The summed E-state index contributed by atoms with van der Waals surface area (Å²) in [6.45, 7) is 0.214. The maximum atomic E-state index is 10.3. The van der Waals surface area contributed by atoms with Gasteiger partial charge < -0.3 is 5.11 Å². The van der Waals surface area contributed by atoms with Crippen LogP contribution < -0.4 is 5.32 Å². The van der Waals surface area contributed by atoms with Gasteiger partial charge in [-0.05, 0) is 23.2 Å². The third kappa shape index (κ3) is 3.04. The van der Waals surface area contributed by atoms with Crippen LogP contribution in [0.2, 0.25) is 0 Å². The summed E-state index contributed by atoms with van der Waals surface area (Å²) in [7, 11) is 0. The third-order valence-corrected chi connectivity index (χ3v) is 1.49. The molecule has 6 nitrogen and oxygen atoms in total. The van der Waals surface area contributed by atoms with E-state index in [1.807, 2.05) is 0 Å². The van der Waals surface area contributed by atoms with Gasteiger partial charge in [-0.2, -0.15) is 0 Å². The van der Waals surface area contributed by atoms with Gasteiger partial charge >= 0.3 is 6.09 Å². The molecule has 0 saturated heterocycles. The Morgan fingerprint density at radius 2 is 2.43 bits per heavy atom. The van der Waals surface area contributed by atoms with Gasteiger partial charge in [0.2, 0.25) is 0 Å². The highest BCUT2D eigenvalue weighted by Gasteiger charge is 1.98. The minimum atomic E-state index is -1.12. The Morgan fingerprint density at radius 1 is 1.64 bits per heavy atom. The van der Waals surface area contributed by atoms with Crippen LogP contribution >= 0.6 is 0 Å². The van der Waals surface area contributed by atoms with Crippen molar-refractivity contribution >= 4 is 11.8 Å². The van der Waals surface area contributed by atoms with Crippen molar-refractivity contribution in [2.45, 2.75) is 6.54 Å². The molecular formula is C8H8N4O2. The van der Waals surface area contributed by atoms with Crippen LogP contribution in [-0.2, 0) is 6.54 Å². The quantitative estimate of drug-likeness (QED) is 0.437. The fraction of sp³-hybridized carbons (Fsp3) is 0.125. The maximum Gasteiger partial charge on any atom is 0.409 e. The van der Waals surface area contributed by atoms with Crippen LogP contribution in [0.15, 0.2) is 29.4 Å². The molecule has 1 aromatic rings. The number of anilines is 1. The second kappa shape index (κ2) is 4.74. The Morgan fingerprint density at radius 3 is 3.07 bits per heavy atom. The van der Waals surface area contributed by atoms with E-state index in [-0.39, 0.29) is 6.54 Å². The molecule has 2 N–H and O–H groups in total. The van der Waals surface area contributed by atoms with E-state index in [1.54, 1.807) is 24.3 Å². The molecule has 0 fully saturated rings. The highest BCUT2D eigenvalue weighted by molar-refractivity contribution is 5.82. The first-order valence-electron chi connectivity index (χ1n) is 3.82. The number of carbonyl (C=O) groups is 1. The smallest absolute Gasteiger partial charge is 0.409 e. The number of hydrogen-bond acceptors (Lipinski definition) is 2. The molecule has 0 saturated carbocycles. The van der Waals surface area contributed by atoms with Crippen molar-refractivity contribution < 1.29 is 9.90 Å². The van der Waals surface area contributed by atoms with Crippen LogP contribution in [0.1, 0.15) is 5.56 Å². The van der Waals surface area contributed by atoms with Crippen LogP contribution in [0, 0.1) is 0 Å². The lowest BCUT2D eigenvalue weighted by Gasteiger charge is -2.01. The number of hydrogen-bond donors (Lipinski definition) is 2. The molecule has 0 aliphatic heterocycles. The van der Waals surface area contributed by atoms with Gasteiger partial charge in [0.1, 0.15) is 0 Å². The number of amides is 1. The molecular weight excluding hydrogens is 184 g/mol. The molecule has 0 aliphatic carbocycles. The van der Waals surface area contributed by atoms with Crippen molar-refractivity contribution in [1.82, 2.24) is 0 Å². The van der Waals surface area contributed by atoms with Gasteiger partial charge in [0.05, 0.1) is 6.54 Å². The minimum Gasteiger partial charge on any atom is -0.465 e. The van der Waals surface area contributed by atoms with Gasteiger partial charge in [0.15, 0.2) is 0 Å². The molecule has 1 amide bonds. The molecule has 72 valence electrons. The number of nitrogens with zero attached hydrogens (tertiary/aromatic N) is 3. The van der Waals surface area contributed by atoms with Crippen molar-refractivity contribution in [1.29, 1.82) is 0 Å². The van der Waals surface area contributed by atoms with Crippen molar-refractivity contribution in [2.75, 3.05) is 5.32 Å². The summed E-state index contributed by atoms with van der Waals surface area (Å²) in [6.07, 6.45) is -1.12. The summed E-state index contributed by atoms with van der Waals surface area (Å²) < 4.78 is 0. The SMILES string of the molecule is [N-]=[N+]=NCc1cccc(NC(=O)O)c1. The van der Waals surface area contributed by atoms with Crippen molar-refractivity contribution in [3.05, 3.63) is 40.3 Å². The number of benzene rings is 1. The van der Waals surface area contributed by atoms with Gasteiger partial charge in [-0.15, -0.1) is 0 Å². The van der Waals surface area contributed by atoms with Crippen molar-refractivity contribution in [2.24, 2.45) is 5.11 Å². The van der Waals surface area contributed by atoms with E-state index in [0.717, 1.165) is 5.56 Å².